The van der Waals surface area contributed by atoms with Crippen molar-refractivity contribution < 1.29 is 4.74 Å². The molecular weight excluding hydrogens is 254 g/mol. The number of hydrogen-bond donors (Lipinski definition) is 1. The van der Waals surface area contributed by atoms with Crippen LogP contribution in [0.2, 0.25) is 0 Å². The highest BCUT2D eigenvalue weighted by molar-refractivity contribution is 7.09. The summed E-state index contributed by atoms with van der Waals surface area (Å²) in [7, 11) is 0. The summed E-state index contributed by atoms with van der Waals surface area (Å²) in [6.45, 7) is 5.97. The van der Waals surface area contributed by atoms with E-state index in [9.17, 15) is 0 Å². The minimum atomic E-state index is 0.215. The van der Waals surface area contributed by atoms with Crippen LogP contribution < -0.4 is 10.1 Å². The first-order valence-corrected chi connectivity index (χ1v) is 7.61. The molecule has 1 aromatic carbocycles. The first kappa shape index (κ1) is 14.1. The Bertz CT molecular complexity index is 479. The Morgan fingerprint density at radius 3 is 2.74 bits per heavy atom. The molecule has 0 fully saturated rings. The van der Waals surface area contributed by atoms with Crippen LogP contribution in [0.5, 0.6) is 5.75 Å². The molecule has 0 unspecified atom stereocenters. The Labute approximate surface area is 119 Å². The molecule has 2 aromatic rings. The number of nitrogens with one attached hydrogen (secondary N) is 1. The average Bonchev–Trinajstić information content (AvgIpc) is 2.89. The maximum Gasteiger partial charge on any atom is 0.124 e. The molecule has 2 rings (SSSR count). The van der Waals surface area contributed by atoms with Gasteiger partial charge in [-0.15, -0.1) is 11.3 Å². The van der Waals surface area contributed by atoms with Crippen molar-refractivity contribution in [1.29, 1.82) is 0 Å². The van der Waals surface area contributed by atoms with Crippen LogP contribution in [-0.2, 0) is 13.0 Å². The third-order valence-electron chi connectivity index (χ3n) is 2.78. The average molecular weight is 275 g/mol. The van der Waals surface area contributed by atoms with Gasteiger partial charge in [0.15, 0.2) is 0 Å². The van der Waals surface area contributed by atoms with E-state index in [1.807, 2.05) is 23.5 Å². The molecule has 0 spiro atoms. The van der Waals surface area contributed by atoms with E-state index in [1.54, 1.807) is 0 Å². The van der Waals surface area contributed by atoms with Crippen LogP contribution in [0.15, 0.2) is 41.8 Å². The molecule has 1 heterocycles. The number of benzene rings is 1. The number of hydrogen-bond acceptors (Lipinski definition) is 3. The van der Waals surface area contributed by atoms with Crippen molar-refractivity contribution in [2.45, 2.75) is 32.9 Å². The number of para-hydroxylation sites is 1. The highest BCUT2D eigenvalue weighted by Gasteiger charge is 2.04. The third kappa shape index (κ3) is 4.69. The van der Waals surface area contributed by atoms with E-state index in [2.05, 4.69) is 48.8 Å². The van der Waals surface area contributed by atoms with E-state index in [1.165, 1.54) is 10.4 Å². The Hall–Kier alpha value is -1.32. The standard InChI is InChI=1S/C16H21NOS/c1-13(2)18-16-8-4-3-6-14(16)12-17-10-9-15-7-5-11-19-15/h3-8,11,13,17H,9-10,12H2,1-2H3. The molecule has 0 bridgehead atoms. The smallest absolute Gasteiger partial charge is 0.124 e. The Morgan fingerprint density at radius 2 is 2.00 bits per heavy atom. The molecule has 0 saturated heterocycles. The van der Waals surface area contributed by atoms with Crippen molar-refractivity contribution in [1.82, 2.24) is 5.32 Å². The van der Waals surface area contributed by atoms with Crippen LogP contribution >= 0.6 is 11.3 Å². The predicted octanol–water partition coefficient (Wildman–Crippen LogP) is 3.87. The molecule has 0 saturated carbocycles. The molecule has 0 aliphatic carbocycles. The monoisotopic (exact) mass is 275 g/mol. The molecule has 3 heteroatoms. The first-order chi connectivity index (χ1) is 9.25. The van der Waals surface area contributed by atoms with E-state index in [0.29, 0.717) is 0 Å². The van der Waals surface area contributed by atoms with Crippen molar-refractivity contribution in [3.8, 4) is 5.75 Å². The van der Waals surface area contributed by atoms with Gasteiger partial charge in [-0.05, 0) is 37.8 Å². The molecule has 0 amide bonds. The summed E-state index contributed by atoms with van der Waals surface area (Å²) in [6, 6.07) is 12.5. The lowest BCUT2D eigenvalue weighted by molar-refractivity contribution is 0.239. The first-order valence-electron chi connectivity index (χ1n) is 6.73. The van der Waals surface area contributed by atoms with Gasteiger partial charge in [0.05, 0.1) is 6.10 Å². The summed E-state index contributed by atoms with van der Waals surface area (Å²) in [5, 5.41) is 5.61. The maximum absolute atomic E-state index is 5.81. The van der Waals surface area contributed by atoms with Crippen molar-refractivity contribution in [2.24, 2.45) is 0 Å². The fourth-order valence-corrected chi connectivity index (χ4v) is 2.62. The van der Waals surface area contributed by atoms with Gasteiger partial charge in [0.2, 0.25) is 0 Å². The predicted molar refractivity (Wildman–Crippen MR) is 81.9 cm³/mol. The van der Waals surface area contributed by atoms with E-state index in [0.717, 1.165) is 25.3 Å². The topological polar surface area (TPSA) is 21.3 Å². The molecule has 19 heavy (non-hydrogen) atoms. The summed E-state index contributed by atoms with van der Waals surface area (Å²) in [6.07, 6.45) is 1.30. The van der Waals surface area contributed by atoms with E-state index < -0.39 is 0 Å². The van der Waals surface area contributed by atoms with Gasteiger partial charge < -0.3 is 10.1 Å². The molecule has 0 aliphatic heterocycles. The fraction of sp³-hybridized carbons (Fsp3) is 0.375. The molecule has 1 aromatic heterocycles. The number of ether oxygens (including phenoxy) is 1. The van der Waals surface area contributed by atoms with E-state index in [-0.39, 0.29) is 6.10 Å². The summed E-state index contributed by atoms with van der Waals surface area (Å²) < 4.78 is 5.81. The summed E-state index contributed by atoms with van der Waals surface area (Å²) in [5.74, 6) is 0.987. The minimum Gasteiger partial charge on any atom is -0.491 e. The molecule has 0 aliphatic rings. The normalized spacial score (nSPS) is 10.9. The van der Waals surface area contributed by atoms with Gasteiger partial charge in [0, 0.05) is 23.5 Å². The molecule has 0 atom stereocenters. The minimum absolute atomic E-state index is 0.215. The zero-order chi connectivity index (χ0) is 13.5. The molecule has 102 valence electrons. The van der Waals surface area contributed by atoms with Crippen LogP contribution in [0.3, 0.4) is 0 Å². The maximum atomic E-state index is 5.81. The zero-order valence-corrected chi connectivity index (χ0v) is 12.4. The molecule has 0 radical (unpaired) electrons. The lowest BCUT2D eigenvalue weighted by Crippen LogP contribution is -2.17. The fourth-order valence-electron chi connectivity index (χ4n) is 1.91. The summed E-state index contributed by atoms with van der Waals surface area (Å²) in [4.78, 5) is 1.43. The summed E-state index contributed by atoms with van der Waals surface area (Å²) >= 11 is 1.82. The number of rotatable bonds is 7. The summed E-state index contributed by atoms with van der Waals surface area (Å²) in [5.41, 5.74) is 1.22. The van der Waals surface area contributed by atoms with Gasteiger partial charge in [0.25, 0.3) is 0 Å². The van der Waals surface area contributed by atoms with Crippen LogP contribution in [-0.4, -0.2) is 12.6 Å². The number of thiophene rings is 1. The highest BCUT2D eigenvalue weighted by atomic mass is 32.1. The Morgan fingerprint density at radius 1 is 1.16 bits per heavy atom. The van der Waals surface area contributed by atoms with Gasteiger partial charge in [-0.3, -0.25) is 0 Å². The van der Waals surface area contributed by atoms with Gasteiger partial charge >= 0.3 is 0 Å². The second-order valence-electron chi connectivity index (χ2n) is 4.78. The third-order valence-corrected chi connectivity index (χ3v) is 3.72. The Balaban J connectivity index is 1.82. The second-order valence-corrected chi connectivity index (χ2v) is 5.81. The van der Waals surface area contributed by atoms with Crippen LogP contribution in [0.25, 0.3) is 0 Å². The molecule has 2 nitrogen and oxygen atoms in total. The van der Waals surface area contributed by atoms with E-state index in [4.69, 9.17) is 4.74 Å². The van der Waals surface area contributed by atoms with Gasteiger partial charge in [-0.1, -0.05) is 24.3 Å². The SMILES string of the molecule is CC(C)Oc1ccccc1CNCCc1cccs1. The van der Waals surface area contributed by atoms with Gasteiger partial charge in [-0.2, -0.15) is 0 Å². The largest absolute Gasteiger partial charge is 0.491 e. The van der Waals surface area contributed by atoms with Crippen LogP contribution in [0.4, 0.5) is 0 Å². The molecule has 1 N–H and O–H groups in total. The van der Waals surface area contributed by atoms with Crippen LogP contribution in [0.1, 0.15) is 24.3 Å². The lowest BCUT2D eigenvalue weighted by Gasteiger charge is -2.14. The lowest BCUT2D eigenvalue weighted by atomic mass is 10.2. The highest BCUT2D eigenvalue weighted by Crippen LogP contribution is 2.19. The van der Waals surface area contributed by atoms with Crippen molar-refractivity contribution >= 4 is 11.3 Å². The van der Waals surface area contributed by atoms with Crippen molar-refractivity contribution in [2.75, 3.05) is 6.54 Å². The Kier molecular flexibility index (Phi) is 5.43. The molecular formula is C16H21NOS. The van der Waals surface area contributed by atoms with E-state index >= 15 is 0 Å². The van der Waals surface area contributed by atoms with Crippen molar-refractivity contribution in [3.05, 3.63) is 52.2 Å². The van der Waals surface area contributed by atoms with Crippen LogP contribution in [0, 0.1) is 0 Å². The zero-order valence-electron chi connectivity index (χ0n) is 11.6. The second kappa shape index (κ2) is 7.31. The van der Waals surface area contributed by atoms with Crippen molar-refractivity contribution in [3.63, 3.8) is 0 Å². The van der Waals surface area contributed by atoms with Gasteiger partial charge in [-0.25, -0.2) is 0 Å². The van der Waals surface area contributed by atoms with Gasteiger partial charge in [0.1, 0.15) is 5.75 Å². The quantitative estimate of drug-likeness (QED) is 0.775.